The number of para-hydroxylation sites is 1. The Balaban J connectivity index is 1.85. The van der Waals surface area contributed by atoms with Crippen molar-refractivity contribution in [2.75, 3.05) is 26.9 Å². The van der Waals surface area contributed by atoms with Gasteiger partial charge in [-0.25, -0.2) is 27.5 Å². The van der Waals surface area contributed by atoms with E-state index in [0.717, 1.165) is 4.31 Å². The Kier molecular flexibility index (Phi) is 5.66. The number of sulfonamides is 1. The van der Waals surface area contributed by atoms with E-state index in [-0.39, 0.29) is 34.5 Å². The highest BCUT2D eigenvalue weighted by Crippen LogP contribution is 2.27. The molecular weight excluding hydrogens is 396 g/mol. The summed E-state index contributed by atoms with van der Waals surface area (Å²) in [5.41, 5.74) is 6.62. The smallest absolute Gasteiger partial charge is 0.338 e. The first-order chi connectivity index (χ1) is 13.7. The van der Waals surface area contributed by atoms with Crippen LogP contribution in [0.5, 0.6) is 5.75 Å². The molecule has 29 heavy (non-hydrogen) atoms. The molecule has 0 aliphatic heterocycles. The first-order valence-corrected chi connectivity index (χ1v) is 9.97. The van der Waals surface area contributed by atoms with Crippen LogP contribution in [0.3, 0.4) is 0 Å². The molecule has 0 atom stereocenters. The fraction of sp³-hybridized carbons (Fsp3) is 0.211. The monoisotopic (exact) mass is 416 g/mol. The average molecular weight is 416 g/mol. The molecule has 1 heterocycles. The van der Waals surface area contributed by atoms with E-state index in [0.29, 0.717) is 10.9 Å². The Labute approximate surface area is 168 Å². The van der Waals surface area contributed by atoms with E-state index in [4.69, 9.17) is 15.2 Å². The minimum Gasteiger partial charge on any atom is -0.495 e. The van der Waals surface area contributed by atoms with E-state index in [9.17, 15) is 13.2 Å². The van der Waals surface area contributed by atoms with E-state index in [1.165, 1.54) is 39.4 Å². The minimum atomic E-state index is -3.81. The van der Waals surface area contributed by atoms with Gasteiger partial charge < -0.3 is 15.2 Å². The van der Waals surface area contributed by atoms with Crippen LogP contribution in [0.25, 0.3) is 10.9 Å². The lowest BCUT2D eigenvalue weighted by molar-refractivity contribution is 0.0462. The van der Waals surface area contributed by atoms with Crippen molar-refractivity contribution in [1.82, 2.24) is 14.3 Å². The van der Waals surface area contributed by atoms with Gasteiger partial charge in [0.1, 0.15) is 16.5 Å². The summed E-state index contributed by atoms with van der Waals surface area (Å²) in [6, 6.07) is 11.2. The summed E-state index contributed by atoms with van der Waals surface area (Å²) in [6.45, 7) is -0.213. The SMILES string of the molecule is COc1ccc(C(=O)OCc2nc(N)c3ccccc3n2)cc1S(=O)(=O)N(C)C. The largest absolute Gasteiger partial charge is 0.495 e. The molecular formula is C19H20N4O5S. The molecule has 152 valence electrons. The second kappa shape index (κ2) is 8.02. The lowest BCUT2D eigenvalue weighted by atomic mass is 10.2. The van der Waals surface area contributed by atoms with E-state index in [1.807, 2.05) is 12.1 Å². The Hall–Kier alpha value is -3.24. The molecule has 0 spiro atoms. The second-order valence-corrected chi connectivity index (χ2v) is 8.39. The Morgan fingerprint density at radius 1 is 1.14 bits per heavy atom. The minimum absolute atomic E-state index is 0.0555. The maximum Gasteiger partial charge on any atom is 0.338 e. The molecule has 3 aromatic rings. The molecule has 2 aromatic carbocycles. The fourth-order valence-electron chi connectivity index (χ4n) is 2.63. The van der Waals surface area contributed by atoms with Crippen molar-refractivity contribution in [3.8, 4) is 5.75 Å². The summed E-state index contributed by atoms with van der Waals surface area (Å²) < 4.78 is 36.4. The van der Waals surface area contributed by atoms with Crippen LogP contribution in [0, 0.1) is 0 Å². The quantitative estimate of drug-likeness (QED) is 0.604. The number of rotatable bonds is 6. The summed E-state index contributed by atoms with van der Waals surface area (Å²) in [6.07, 6.45) is 0. The van der Waals surface area contributed by atoms with E-state index in [2.05, 4.69) is 9.97 Å². The number of carbonyl (C=O) groups excluding carboxylic acids is 1. The third kappa shape index (κ3) is 4.13. The first-order valence-electron chi connectivity index (χ1n) is 8.53. The van der Waals surface area contributed by atoms with Gasteiger partial charge in [0.05, 0.1) is 18.2 Å². The van der Waals surface area contributed by atoms with Crippen molar-refractivity contribution in [3.63, 3.8) is 0 Å². The van der Waals surface area contributed by atoms with Gasteiger partial charge in [-0.3, -0.25) is 0 Å². The number of carbonyl (C=O) groups is 1. The molecule has 2 N–H and O–H groups in total. The van der Waals surface area contributed by atoms with Crippen molar-refractivity contribution >= 4 is 32.7 Å². The second-order valence-electron chi connectivity index (χ2n) is 6.27. The zero-order valence-electron chi connectivity index (χ0n) is 16.1. The van der Waals surface area contributed by atoms with Gasteiger partial charge in [0, 0.05) is 19.5 Å². The number of ether oxygens (including phenoxy) is 2. The lowest BCUT2D eigenvalue weighted by Gasteiger charge is -2.15. The number of benzene rings is 2. The average Bonchev–Trinajstić information content (AvgIpc) is 2.71. The number of esters is 1. The zero-order chi connectivity index (χ0) is 21.2. The number of anilines is 1. The molecule has 0 saturated carbocycles. The molecule has 0 amide bonds. The lowest BCUT2D eigenvalue weighted by Crippen LogP contribution is -2.23. The van der Waals surface area contributed by atoms with Crippen molar-refractivity contribution in [2.45, 2.75) is 11.5 Å². The van der Waals surface area contributed by atoms with Crippen molar-refractivity contribution in [1.29, 1.82) is 0 Å². The van der Waals surface area contributed by atoms with Gasteiger partial charge in [-0.15, -0.1) is 0 Å². The number of hydrogen-bond acceptors (Lipinski definition) is 8. The van der Waals surface area contributed by atoms with Gasteiger partial charge in [-0.2, -0.15) is 0 Å². The molecule has 0 aliphatic rings. The van der Waals surface area contributed by atoms with E-state index < -0.39 is 16.0 Å². The van der Waals surface area contributed by atoms with E-state index in [1.54, 1.807) is 12.1 Å². The van der Waals surface area contributed by atoms with Gasteiger partial charge >= 0.3 is 5.97 Å². The topological polar surface area (TPSA) is 125 Å². The molecule has 9 nitrogen and oxygen atoms in total. The zero-order valence-corrected chi connectivity index (χ0v) is 16.9. The van der Waals surface area contributed by atoms with Gasteiger partial charge in [-0.1, -0.05) is 12.1 Å². The number of nitrogens with zero attached hydrogens (tertiary/aromatic N) is 3. The van der Waals surface area contributed by atoms with Crippen molar-refractivity contribution in [3.05, 3.63) is 53.9 Å². The van der Waals surface area contributed by atoms with Crippen LogP contribution in [0.15, 0.2) is 47.4 Å². The number of methoxy groups -OCH3 is 1. The Bertz CT molecular complexity index is 1180. The molecule has 0 bridgehead atoms. The molecule has 0 saturated heterocycles. The third-order valence-corrected chi connectivity index (χ3v) is 6.01. The van der Waals surface area contributed by atoms with Gasteiger partial charge in [0.25, 0.3) is 0 Å². The molecule has 0 fully saturated rings. The molecule has 3 rings (SSSR count). The van der Waals surface area contributed by atoms with Crippen LogP contribution in [-0.4, -0.2) is 49.9 Å². The van der Waals surface area contributed by atoms with Gasteiger partial charge in [0.15, 0.2) is 12.4 Å². The normalized spacial score (nSPS) is 11.6. The number of aromatic nitrogens is 2. The highest BCUT2D eigenvalue weighted by Gasteiger charge is 2.24. The van der Waals surface area contributed by atoms with Crippen molar-refractivity contribution < 1.29 is 22.7 Å². The van der Waals surface area contributed by atoms with Gasteiger partial charge in [0.2, 0.25) is 10.0 Å². The molecule has 1 aromatic heterocycles. The number of nitrogen functional groups attached to an aromatic ring is 1. The summed E-state index contributed by atoms with van der Waals surface area (Å²) in [7, 11) is 0.318. The van der Waals surface area contributed by atoms with Crippen LogP contribution < -0.4 is 10.5 Å². The van der Waals surface area contributed by atoms with Crippen molar-refractivity contribution in [2.24, 2.45) is 0 Å². The Morgan fingerprint density at radius 2 is 1.86 bits per heavy atom. The summed E-state index contributed by atoms with van der Waals surface area (Å²) in [5, 5.41) is 0.705. The first kappa shape index (κ1) is 20.5. The maximum atomic E-state index is 12.5. The van der Waals surface area contributed by atoms with Crippen LogP contribution in [0.1, 0.15) is 16.2 Å². The molecule has 0 unspecified atom stereocenters. The number of hydrogen-bond donors (Lipinski definition) is 1. The molecule has 0 aliphatic carbocycles. The summed E-state index contributed by atoms with van der Waals surface area (Å²) >= 11 is 0. The van der Waals surface area contributed by atoms with Crippen LogP contribution >= 0.6 is 0 Å². The fourth-order valence-corrected chi connectivity index (χ4v) is 3.71. The Morgan fingerprint density at radius 3 is 2.55 bits per heavy atom. The number of fused-ring (bicyclic) bond motifs is 1. The number of nitrogens with two attached hydrogens (primary N) is 1. The highest BCUT2D eigenvalue weighted by atomic mass is 32.2. The van der Waals surface area contributed by atoms with Gasteiger partial charge in [-0.05, 0) is 30.3 Å². The summed E-state index contributed by atoms with van der Waals surface area (Å²) in [5.74, 6) is -0.0752. The maximum absolute atomic E-state index is 12.5. The van der Waals surface area contributed by atoms with E-state index >= 15 is 0 Å². The third-order valence-electron chi connectivity index (χ3n) is 4.17. The van der Waals surface area contributed by atoms with Crippen LogP contribution in [0.4, 0.5) is 5.82 Å². The van der Waals surface area contributed by atoms with Crippen LogP contribution in [0.2, 0.25) is 0 Å². The predicted octanol–water partition coefficient (Wildman–Crippen LogP) is 1.83. The predicted molar refractivity (Wildman–Crippen MR) is 107 cm³/mol. The standard InChI is InChI=1S/C19H20N4O5S/c1-23(2)29(25,26)16-10-12(8-9-15(16)27-3)19(24)28-11-17-21-14-7-5-4-6-13(14)18(20)22-17/h4-10H,11H2,1-3H3,(H2,20,21,22). The molecule has 10 heteroatoms. The highest BCUT2D eigenvalue weighted by molar-refractivity contribution is 7.89. The summed E-state index contributed by atoms with van der Waals surface area (Å²) in [4.78, 5) is 20.8. The van der Waals surface area contributed by atoms with Crippen LogP contribution in [-0.2, 0) is 21.4 Å². The molecule has 0 radical (unpaired) electrons.